The normalized spacial score (nSPS) is 30.9. The minimum Gasteiger partial charge on any atom is -0.274 e. The van der Waals surface area contributed by atoms with Crippen molar-refractivity contribution in [2.45, 2.75) is 25.7 Å². The van der Waals surface area contributed by atoms with E-state index >= 15 is 0 Å². The number of hydrogen-bond acceptors (Lipinski definition) is 4. The number of fused-ring (bicyclic) bond motifs is 2. The van der Waals surface area contributed by atoms with Crippen molar-refractivity contribution in [3.8, 4) is 0 Å². The van der Waals surface area contributed by atoms with E-state index in [1.54, 1.807) is 12.1 Å². The third-order valence-electron chi connectivity index (χ3n) is 6.45. The summed E-state index contributed by atoms with van der Waals surface area (Å²) in [6.45, 7) is 0. The second kappa shape index (κ2) is 6.66. The zero-order chi connectivity index (χ0) is 20.3. The number of halogens is 1. The Morgan fingerprint density at radius 3 is 1.48 bits per heavy atom. The number of rotatable bonds is 2. The van der Waals surface area contributed by atoms with Crippen LogP contribution in [0.3, 0.4) is 0 Å². The lowest BCUT2D eigenvalue weighted by Gasteiger charge is -2.20. The van der Waals surface area contributed by atoms with E-state index in [2.05, 4.69) is 0 Å². The van der Waals surface area contributed by atoms with E-state index in [9.17, 15) is 19.2 Å². The standard InChI is InChI=1S/C22H19ClN2O4/c23-17-11-12(24-19(26)13-5-1-2-6-14(13)20(24)27)9-10-18(17)25-21(28)15-7-3-4-8-16(15)22(25)29/h1-4,9-11,13-16H,5-8H2/t13-,14+,15-,16-/m0/s1. The maximum Gasteiger partial charge on any atom is 0.238 e. The van der Waals surface area contributed by atoms with E-state index in [-0.39, 0.29) is 52.3 Å². The van der Waals surface area contributed by atoms with E-state index in [1.165, 1.54) is 11.0 Å². The van der Waals surface area contributed by atoms with Crippen molar-refractivity contribution in [2.75, 3.05) is 9.80 Å². The Morgan fingerprint density at radius 1 is 0.655 bits per heavy atom. The molecule has 1 aromatic carbocycles. The molecule has 4 atom stereocenters. The summed E-state index contributed by atoms with van der Waals surface area (Å²) in [6, 6.07) is 4.64. The second-order valence-electron chi connectivity index (χ2n) is 7.97. The van der Waals surface area contributed by atoms with Crippen LogP contribution in [-0.2, 0) is 19.2 Å². The van der Waals surface area contributed by atoms with Crippen molar-refractivity contribution in [1.29, 1.82) is 0 Å². The molecule has 0 aromatic heterocycles. The Kier molecular flexibility index (Phi) is 4.21. The van der Waals surface area contributed by atoms with Gasteiger partial charge in [0.25, 0.3) is 0 Å². The quantitative estimate of drug-likeness (QED) is 0.554. The lowest BCUT2D eigenvalue weighted by molar-refractivity contribution is -0.124. The molecule has 0 N–H and O–H groups in total. The predicted octanol–water partition coefficient (Wildman–Crippen LogP) is 3.25. The molecule has 0 spiro atoms. The van der Waals surface area contributed by atoms with Gasteiger partial charge in [-0.25, -0.2) is 9.80 Å². The highest BCUT2D eigenvalue weighted by Gasteiger charge is 2.50. The summed E-state index contributed by atoms with van der Waals surface area (Å²) < 4.78 is 0. The zero-order valence-corrected chi connectivity index (χ0v) is 16.3. The van der Waals surface area contributed by atoms with E-state index < -0.39 is 0 Å². The SMILES string of the molecule is O=C1[C@H]2CC=CC[C@H]2C(=O)N1c1ccc(N2C(=O)[C@H]3CC=CC[C@@H]3C2=O)c(Cl)c1. The molecule has 0 bridgehead atoms. The van der Waals surface area contributed by atoms with Crippen LogP contribution >= 0.6 is 11.6 Å². The fourth-order valence-corrected chi connectivity index (χ4v) is 5.17. The van der Waals surface area contributed by atoms with E-state index in [1.807, 2.05) is 24.3 Å². The number of carbonyl (C=O) groups excluding carboxylic acids is 4. The topological polar surface area (TPSA) is 74.8 Å². The first-order valence-electron chi connectivity index (χ1n) is 9.84. The van der Waals surface area contributed by atoms with Gasteiger partial charge in [0.1, 0.15) is 0 Å². The summed E-state index contributed by atoms with van der Waals surface area (Å²) in [4.78, 5) is 53.5. The third-order valence-corrected chi connectivity index (χ3v) is 6.75. The van der Waals surface area contributed by atoms with E-state index in [4.69, 9.17) is 11.6 Å². The van der Waals surface area contributed by atoms with Gasteiger partial charge in [-0.3, -0.25) is 19.2 Å². The van der Waals surface area contributed by atoms with Gasteiger partial charge in [0.15, 0.2) is 0 Å². The molecular formula is C22H19ClN2O4. The average Bonchev–Trinajstić information content (AvgIpc) is 3.14. The molecular weight excluding hydrogens is 392 g/mol. The molecule has 2 saturated heterocycles. The Morgan fingerprint density at radius 2 is 1.07 bits per heavy atom. The molecule has 148 valence electrons. The minimum absolute atomic E-state index is 0.171. The molecule has 2 aliphatic heterocycles. The highest BCUT2D eigenvalue weighted by Crippen LogP contribution is 2.43. The third kappa shape index (κ3) is 2.62. The summed E-state index contributed by atoms with van der Waals surface area (Å²) in [7, 11) is 0. The Balaban J connectivity index is 1.46. The second-order valence-corrected chi connectivity index (χ2v) is 8.38. The van der Waals surface area contributed by atoms with Crippen molar-refractivity contribution in [1.82, 2.24) is 0 Å². The van der Waals surface area contributed by atoms with Crippen molar-refractivity contribution < 1.29 is 19.2 Å². The first-order valence-corrected chi connectivity index (χ1v) is 10.2. The van der Waals surface area contributed by atoms with Gasteiger partial charge in [-0.1, -0.05) is 35.9 Å². The fourth-order valence-electron chi connectivity index (χ4n) is 4.91. The van der Waals surface area contributed by atoms with Crippen molar-refractivity contribution in [3.05, 3.63) is 47.5 Å². The number of nitrogens with zero attached hydrogens (tertiary/aromatic N) is 2. The highest BCUT2D eigenvalue weighted by molar-refractivity contribution is 6.36. The molecule has 6 nitrogen and oxygen atoms in total. The van der Waals surface area contributed by atoms with Gasteiger partial charge in [0.05, 0.1) is 40.1 Å². The van der Waals surface area contributed by atoms with Crippen LogP contribution in [0.25, 0.3) is 0 Å². The van der Waals surface area contributed by atoms with E-state index in [0.717, 1.165) is 4.90 Å². The monoisotopic (exact) mass is 410 g/mol. The maximum atomic E-state index is 12.8. The maximum absolute atomic E-state index is 12.8. The number of allylic oxidation sites excluding steroid dienone is 4. The molecule has 4 amide bonds. The number of hydrogen-bond donors (Lipinski definition) is 0. The van der Waals surface area contributed by atoms with Gasteiger partial charge in [-0.15, -0.1) is 0 Å². The summed E-state index contributed by atoms with van der Waals surface area (Å²) in [5.74, 6) is -2.29. The summed E-state index contributed by atoms with van der Waals surface area (Å²) in [5, 5.41) is 0.171. The molecule has 4 aliphatic rings. The van der Waals surface area contributed by atoms with Gasteiger partial charge in [-0.2, -0.15) is 0 Å². The van der Waals surface area contributed by atoms with Gasteiger partial charge in [-0.05, 0) is 43.9 Å². The molecule has 5 rings (SSSR count). The summed E-state index contributed by atoms with van der Waals surface area (Å²) >= 11 is 6.44. The predicted molar refractivity (Wildman–Crippen MR) is 107 cm³/mol. The number of imide groups is 2. The number of carbonyl (C=O) groups is 4. The van der Waals surface area contributed by atoms with Crippen LogP contribution in [0, 0.1) is 23.7 Å². The van der Waals surface area contributed by atoms with Crippen LogP contribution in [0.4, 0.5) is 11.4 Å². The van der Waals surface area contributed by atoms with Gasteiger partial charge in [0, 0.05) is 0 Å². The smallest absolute Gasteiger partial charge is 0.238 e. The molecule has 29 heavy (non-hydrogen) atoms. The summed E-state index contributed by atoms with van der Waals surface area (Å²) in [6.07, 6.45) is 9.95. The molecule has 0 radical (unpaired) electrons. The average molecular weight is 411 g/mol. The molecule has 2 aliphatic carbocycles. The zero-order valence-electron chi connectivity index (χ0n) is 15.6. The molecule has 1 aromatic rings. The van der Waals surface area contributed by atoms with Crippen molar-refractivity contribution in [3.63, 3.8) is 0 Å². The lowest BCUT2D eigenvalue weighted by atomic mass is 9.85. The highest BCUT2D eigenvalue weighted by atomic mass is 35.5. The van der Waals surface area contributed by atoms with E-state index in [0.29, 0.717) is 37.1 Å². The lowest BCUT2D eigenvalue weighted by Crippen LogP contribution is -2.32. The molecule has 0 saturated carbocycles. The van der Waals surface area contributed by atoms with Gasteiger partial charge >= 0.3 is 0 Å². The summed E-state index contributed by atoms with van der Waals surface area (Å²) in [5.41, 5.74) is 0.680. The van der Waals surface area contributed by atoms with Crippen LogP contribution in [0.15, 0.2) is 42.5 Å². The number of amides is 4. The van der Waals surface area contributed by atoms with Gasteiger partial charge < -0.3 is 0 Å². The first-order chi connectivity index (χ1) is 14.0. The molecule has 2 heterocycles. The number of anilines is 2. The van der Waals surface area contributed by atoms with Crippen LogP contribution in [0.1, 0.15) is 25.7 Å². The first kappa shape index (κ1) is 18.3. The molecule has 7 heteroatoms. The van der Waals surface area contributed by atoms with Crippen LogP contribution in [0.5, 0.6) is 0 Å². The van der Waals surface area contributed by atoms with Crippen LogP contribution < -0.4 is 9.80 Å². The fraction of sp³-hybridized carbons (Fsp3) is 0.364. The minimum atomic E-state index is -0.347. The molecule has 2 fully saturated rings. The van der Waals surface area contributed by atoms with Crippen LogP contribution in [-0.4, -0.2) is 23.6 Å². The molecule has 0 unspecified atom stereocenters. The Hall–Kier alpha value is -2.73. The Bertz CT molecular complexity index is 962. The van der Waals surface area contributed by atoms with Crippen molar-refractivity contribution >= 4 is 46.6 Å². The largest absolute Gasteiger partial charge is 0.274 e. The Labute approximate surface area is 172 Å². The van der Waals surface area contributed by atoms with Gasteiger partial charge in [0.2, 0.25) is 23.6 Å². The van der Waals surface area contributed by atoms with Crippen LogP contribution in [0.2, 0.25) is 5.02 Å². The van der Waals surface area contributed by atoms with Crippen molar-refractivity contribution in [2.24, 2.45) is 23.7 Å². The number of benzene rings is 1.